The Morgan fingerprint density at radius 2 is 1.81 bits per heavy atom. The van der Waals surface area contributed by atoms with Crippen LogP contribution in [0.4, 0.5) is 5.69 Å². The first kappa shape index (κ1) is 19.3. The van der Waals surface area contributed by atoms with Crippen LogP contribution in [0.1, 0.15) is 30.6 Å². The largest absolute Gasteiger partial charge is 0.497 e. The van der Waals surface area contributed by atoms with Crippen molar-refractivity contribution in [2.45, 2.75) is 26.4 Å². The summed E-state index contributed by atoms with van der Waals surface area (Å²) in [5.41, 5.74) is 0.870. The predicted octanol–water partition coefficient (Wildman–Crippen LogP) is 3.24. The highest BCUT2D eigenvalue weighted by Crippen LogP contribution is 2.21. The van der Waals surface area contributed by atoms with Gasteiger partial charge in [0.25, 0.3) is 11.8 Å². The summed E-state index contributed by atoms with van der Waals surface area (Å²) < 4.78 is 10.8. The second kappa shape index (κ2) is 9.46. The number of anilines is 1. The van der Waals surface area contributed by atoms with E-state index in [9.17, 15) is 9.59 Å². The maximum atomic E-state index is 12.5. The summed E-state index contributed by atoms with van der Waals surface area (Å²) in [6, 6.07) is 13.9. The van der Waals surface area contributed by atoms with Gasteiger partial charge in [-0.15, -0.1) is 0 Å². The van der Waals surface area contributed by atoms with Gasteiger partial charge in [-0.1, -0.05) is 25.1 Å². The third-order valence-corrected chi connectivity index (χ3v) is 3.69. The van der Waals surface area contributed by atoms with Gasteiger partial charge in [-0.2, -0.15) is 0 Å². The van der Waals surface area contributed by atoms with E-state index in [4.69, 9.17) is 9.47 Å². The van der Waals surface area contributed by atoms with Gasteiger partial charge in [0, 0.05) is 12.6 Å². The molecule has 0 unspecified atom stereocenters. The van der Waals surface area contributed by atoms with Crippen LogP contribution in [0, 0.1) is 0 Å². The molecule has 0 saturated heterocycles. The van der Waals surface area contributed by atoms with E-state index in [0.717, 1.165) is 6.42 Å². The monoisotopic (exact) mass is 356 g/mol. The highest BCUT2D eigenvalue weighted by Gasteiger charge is 2.18. The second-order valence-electron chi connectivity index (χ2n) is 5.73. The van der Waals surface area contributed by atoms with E-state index in [1.54, 1.807) is 62.6 Å². The van der Waals surface area contributed by atoms with E-state index in [-0.39, 0.29) is 11.8 Å². The van der Waals surface area contributed by atoms with Crippen molar-refractivity contribution in [3.8, 4) is 11.5 Å². The van der Waals surface area contributed by atoms with Gasteiger partial charge in [0.15, 0.2) is 6.10 Å². The van der Waals surface area contributed by atoms with Crippen LogP contribution in [0.15, 0.2) is 48.5 Å². The summed E-state index contributed by atoms with van der Waals surface area (Å²) in [6.45, 7) is 4.20. The smallest absolute Gasteiger partial charge is 0.265 e. The van der Waals surface area contributed by atoms with E-state index in [1.807, 2.05) is 6.92 Å². The summed E-state index contributed by atoms with van der Waals surface area (Å²) in [5.74, 6) is 0.613. The molecule has 2 aromatic carbocycles. The van der Waals surface area contributed by atoms with Crippen molar-refractivity contribution in [1.82, 2.24) is 5.32 Å². The van der Waals surface area contributed by atoms with Gasteiger partial charge in [0.1, 0.15) is 11.5 Å². The molecule has 6 heteroatoms. The lowest BCUT2D eigenvalue weighted by Gasteiger charge is -2.16. The number of hydrogen-bond acceptors (Lipinski definition) is 4. The van der Waals surface area contributed by atoms with Crippen LogP contribution in [-0.4, -0.2) is 31.6 Å². The molecule has 0 saturated carbocycles. The molecule has 6 nitrogen and oxygen atoms in total. The Balaban J connectivity index is 2.05. The Hall–Kier alpha value is -3.02. The van der Waals surface area contributed by atoms with Crippen LogP contribution in [0.2, 0.25) is 0 Å². The molecule has 2 rings (SSSR count). The van der Waals surface area contributed by atoms with Gasteiger partial charge >= 0.3 is 0 Å². The fourth-order valence-corrected chi connectivity index (χ4v) is 2.29. The predicted molar refractivity (Wildman–Crippen MR) is 101 cm³/mol. The van der Waals surface area contributed by atoms with E-state index >= 15 is 0 Å². The highest BCUT2D eigenvalue weighted by atomic mass is 16.5. The molecule has 2 amide bonds. The number of ether oxygens (including phenoxy) is 2. The normalized spacial score (nSPS) is 11.3. The molecule has 0 aliphatic heterocycles. The minimum atomic E-state index is -0.742. The first-order chi connectivity index (χ1) is 12.5. The minimum Gasteiger partial charge on any atom is -0.497 e. The molecule has 0 aromatic heterocycles. The van der Waals surface area contributed by atoms with Crippen molar-refractivity contribution in [3.05, 3.63) is 54.1 Å². The standard InChI is InChI=1S/C20H24N2O4/c1-4-12-21-20(24)17-10-5-6-11-18(17)22-19(23)14(2)26-16-9-7-8-15(13-16)25-3/h5-11,13-14H,4,12H2,1-3H3,(H,21,24)(H,22,23)/t14-/m0/s1. The number of carbonyl (C=O) groups excluding carboxylic acids is 2. The molecule has 0 radical (unpaired) electrons. The number of methoxy groups -OCH3 is 1. The van der Waals surface area contributed by atoms with Crippen LogP contribution in [0.3, 0.4) is 0 Å². The molecule has 0 aliphatic rings. The molecule has 0 heterocycles. The van der Waals surface area contributed by atoms with Crippen LogP contribution in [0.5, 0.6) is 11.5 Å². The molecular formula is C20H24N2O4. The molecule has 26 heavy (non-hydrogen) atoms. The van der Waals surface area contributed by atoms with Crippen LogP contribution in [0.25, 0.3) is 0 Å². The Bertz CT molecular complexity index is 761. The van der Waals surface area contributed by atoms with Crippen molar-refractivity contribution < 1.29 is 19.1 Å². The lowest BCUT2D eigenvalue weighted by molar-refractivity contribution is -0.122. The number of amides is 2. The zero-order chi connectivity index (χ0) is 18.9. The summed E-state index contributed by atoms with van der Waals surface area (Å²) in [6.07, 6.45) is 0.0972. The van der Waals surface area contributed by atoms with Crippen molar-refractivity contribution in [3.63, 3.8) is 0 Å². The van der Waals surface area contributed by atoms with Crippen molar-refractivity contribution in [2.75, 3.05) is 19.0 Å². The summed E-state index contributed by atoms with van der Waals surface area (Å²) in [7, 11) is 1.57. The second-order valence-corrected chi connectivity index (χ2v) is 5.73. The van der Waals surface area contributed by atoms with Gasteiger partial charge in [0.2, 0.25) is 0 Å². The third-order valence-electron chi connectivity index (χ3n) is 3.69. The van der Waals surface area contributed by atoms with Crippen LogP contribution < -0.4 is 20.1 Å². The molecule has 0 fully saturated rings. The summed E-state index contributed by atoms with van der Waals surface area (Å²) in [5, 5.41) is 5.57. The molecular weight excluding hydrogens is 332 g/mol. The number of para-hydroxylation sites is 1. The SMILES string of the molecule is CCCNC(=O)c1ccccc1NC(=O)[C@H](C)Oc1cccc(OC)c1. The third kappa shape index (κ3) is 5.24. The number of rotatable bonds is 8. The fraction of sp³-hybridized carbons (Fsp3) is 0.300. The maximum absolute atomic E-state index is 12.5. The minimum absolute atomic E-state index is 0.218. The van der Waals surface area contributed by atoms with Gasteiger partial charge in [0.05, 0.1) is 18.4 Å². The van der Waals surface area contributed by atoms with Gasteiger partial charge in [-0.05, 0) is 37.6 Å². The lowest BCUT2D eigenvalue weighted by atomic mass is 10.1. The number of hydrogen-bond donors (Lipinski definition) is 2. The van der Waals surface area contributed by atoms with E-state index in [0.29, 0.717) is 29.3 Å². The van der Waals surface area contributed by atoms with Crippen LogP contribution >= 0.6 is 0 Å². The number of benzene rings is 2. The Morgan fingerprint density at radius 1 is 1.08 bits per heavy atom. The number of carbonyl (C=O) groups is 2. The fourth-order valence-electron chi connectivity index (χ4n) is 2.29. The molecule has 138 valence electrons. The first-order valence-corrected chi connectivity index (χ1v) is 8.54. The molecule has 1 atom stereocenters. The van der Waals surface area contributed by atoms with Crippen molar-refractivity contribution in [1.29, 1.82) is 0 Å². The topological polar surface area (TPSA) is 76.7 Å². The zero-order valence-electron chi connectivity index (χ0n) is 15.2. The Morgan fingerprint density at radius 3 is 2.54 bits per heavy atom. The average Bonchev–Trinajstić information content (AvgIpc) is 2.66. The van der Waals surface area contributed by atoms with E-state index in [2.05, 4.69) is 10.6 Å². The maximum Gasteiger partial charge on any atom is 0.265 e. The van der Waals surface area contributed by atoms with Gasteiger partial charge in [-0.3, -0.25) is 9.59 Å². The van der Waals surface area contributed by atoms with Gasteiger partial charge < -0.3 is 20.1 Å². The Kier molecular flexibility index (Phi) is 7.02. The molecule has 0 spiro atoms. The Labute approximate surface area is 153 Å². The van der Waals surface area contributed by atoms with E-state index in [1.165, 1.54) is 0 Å². The van der Waals surface area contributed by atoms with Crippen molar-refractivity contribution in [2.24, 2.45) is 0 Å². The average molecular weight is 356 g/mol. The lowest BCUT2D eigenvalue weighted by Crippen LogP contribution is -2.32. The first-order valence-electron chi connectivity index (χ1n) is 8.54. The number of nitrogens with one attached hydrogen (secondary N) is 2. The molecule has 2 N–H and O–H groups in total. The van der Waals surface area contributed by atoms with Crippen molar-refractivity contribution >= 4 is 17.5 Å². The summed E-state index contributed by atoms with van der Waals surface area (Å²) >= 11 is 0. The zero-order valence-corrected chi connectivity index (χ0v) is 15.2. The molecule has 2 aromatic rings. The molecule has 0 aliphatic carbocycles. The molecule has 0 bridgehead atoms. The summed E-state index contributed by atoms with van der Waals surface area (Å²) in [4.78, 5) is 24.7. The van der Waals surface area contributed by atoms with Gasteiger partial charge in [-0.25, -0.2) is 0 Å². The highest BCUT2D eigenvalue weighted by molar-refractivity contribution is 6.04. The quantitative estimate of drug-likeness (QED) is 0.761. The van der Waals surface area contributed by atoms with E-state index < -0.39 is 6.10 Å². The van der Waals surface area contributed by atoms with Crippen LogP contribution in [-0.2, 0) is 4.79 Å².